The predicted molar refractivity (Wildman–Crippen MR) is 162 cm³/mol. The van der Waals surface area contributed by atoms with E-state index in [4.69, 9.17) is 9.47 Å². The van der Waals surface area contributed by atoms with Crippen molar-refractivity contribution in [3.8, 4) is 0 Å². The van der Waals surface area contributed by atoms with E-state index in [9.17, 15) is 14.4 Å². The third kappa shape index (κ3) is 11.4. The molecule has 2 heterocycles. The topological polar surface area (TPSA) is 132 Å². The molecule has 0 bridgehead atoms. The molecule has 10 nitrogen and oxygen atoms in total. The minimum absolute atomic E-state index is 0.133. The molecule has 0 aliphatic heterocycles. The molecule has 11 heteroatoms. The molecule has 3 N–H and O–H groups in total. The second-order valence-corrected chi connectivity index (χ2v) is 10.5. The SMILES string of the molecule is CC=CC(CCCNc1nc(C)c(C(=O)NC(CNC(=O)c2cccs2)C(=O)OCCCOCC)c(C)n1)=C(C)C. The minimum atomic E-state index is -1.10. The normalized spacial score (nSPS) is 11.7. The summed E-state index contributed by atoms with van der Waals surface area (Å²) in [7, 11) is 0. The van der Waals surface area contributed by atoms with Crippen molar-refractivity contribution in [2.45, 2.75) is 66.8 Å². The number of carbonyl (C=O) groups is 3. The quantitative estimate of drug-likeness (QED) is 0.138. The van der Waals surface area contributed by atoms with E-state index in [0.29, 0.717) is 48.4 Å². The van der Waals surface area contributed by atoms with Crippen molar-refractivity contribution in [3.05, 3.63) is 62.6 Å². The maximum Gasteiger partial charge on any atom is 0.330 e. The molecule has 0 fully saturated rings. The summed E-state index contributed by atoms with van der Waals surface area (Å²) >= 11 is 1.28. The fourth-order valence-corrected chi connectivity index (χ4v) is 4.64. The zero-order chi connectivity index (χ0) is 30.2. The van der Waals surface area contributed by atoms with Crippen LogP contribution in [-0.4, -0.2) is 66.7 Å². The van der Waals surface area contributed by atoms with Crippen LogP contribution in [0.15, 0.2) is 40.8 Å². The molecule has 2 aromatic rings. The lowest BCUT2D eigenvalue weighted by Crippen LogP contribution is -2.49. The van der Waals surface area contributed by atoms with Crippen molar-refractivity contribution in [2.75, 3.05) is 38.2 Å². The Hall–Kier alpha value is -3.57. The van der Waals surface area contributed by atoms with Crippen LogP contribution in [0.2, 0.25) is 0 Å². The highest BCUT2D eigenvalue weighted by atomic mass is 32.1. The summed E-state index contributed by atoms with van der Waals surface area (Å²) in [6.45, 7) is 13.3. The zero-order valence-electron chi connectivity index (χ0n) is 25.0. The number of esters is 1. The summed E-state index contributed by atoms with van der Waals surface area (Å²) < 4.78 is 10.6. The Morgan fingerprint density at radius 1 is 1.07 bits per heavy atom. The molecular formula is C30H43N5O5S. The van der Waals surface area contributed by atoms with Crippen LogP contribution in [0.5, 0.6) is 0 Å². The first-order valence-corrected chi connectivity index (χ1v) is 14.8. The van der Waals surface area contributed by atoms with Gasteiger partial charge in [-0.2, -0.15) is 0 Å². The van der Waals surface area contributed by atoms with Gasteiger partial charge in [0.25, 0.3) is 11.8 Å². The van der Waals surface area contributed by atoms with Crippen LogP contribution in [0, 0.1) is 13.8 Å². The number of rotatable bonds is 17. The lowest BCUT2D eigenvalue weighted by Gasteiger charge is -2.19. The highest BCUT2D eigenvalue weighted by molar-refractivity contribution is 7.12. The summed E-state index contributed by atoms with van der Waals surface area (Å²) in [6.07, 6.45) is 6.53. The lowest BCUT2D eigenvalue weighted by atomic mass is 10.0. The molecule has 0 radical (unpaired) electrons. The average molecular weight is 586 g/mol. The van der Waals surface area contributed by atoms with Gasteiger partial charge in [0, 0.05) is 32.7 Å². The Labute approximate surface area is 247 Å². The van der Waals surface area contributed by atoms with Gasteiger partial charge in [-0.05, 0) is 71.4 Å². The number of nitrogens with one attached hydrogen (secondary N) is 3. The molecule has 0 saturated heterocycles. The second-order valence-electron chi connectivity index (χ2n) is 9.58. The summed E-state index contributed by atoms with van der Waals surface area (Å²) in [5.74, 6) is -1.07. The molecular weight excluding hydrogens is 542 g/mol. The number of allylic oxidation sites excluding steroid dienone is 4. The third-order valence-electron chi connectivity index (χ3n) is 6.10. The monoisotopic (exact) mass is 585 g/mol. The molecule has 0 aromatic carbocycles. The maximum absolute atomic E-state index is 13.3. The first-order valence-electron chi connectivity index (χ1n) is 13.9. The lowest BCUT2D eigenvalue weighted by molar-refractivity contribution is -0.146. The van der Waals surface area contributed by atoms with E-state index >= 15 is 0 Å². The van der Waals surface area contributed by atoms with E-state index in [1.807, 2.05) is 19.9 Å². The van der Waals surface area contributed by atoms with Gasteiger partial charge < -0.3 is 25.4 Å². The Bertz CT molecular complexity index is 1180. The molecule has 1 atom stereocenters. The number of carbonyl (C=O) groups excluding carboxylic acids is 3. The molecule has 0 aliphatic rings. The van der Waals surface area contributed by atoms with Crippen LogP contribution in [0.25, 0.3) is 0 Å². The van der Waals surface area contributed by atoms with E-state index in [-0.39, 0.29) is 24.6 Å². The number of amides is 2. The Kier molecular flexibility index (Phi) is 14.8. The van der Waals surface area contributed by atoms with Crippen molar-refractivity contribution in [2.24, 2.45) is 0 Å². The molecule has 2 rings (SSSR count). The van der Waals surface area contributed by atoms with Gasteiger partial charge in [-0.25, -0.2) is 14.8 Å². The summed E-state index contributed by atoms with van der Waals surface area (Å²) in [5, 5.41) is 10.4. The molecule has 2 aromatic heterocycles. The number of ether oxygens (including phenoxy) is 2. The van der Waals surface area contributed by atoms with Gasteiger partial charge in [-0.15, -0.1) is 11.3 Å². The summed E-state index contributed by atoms with van der Waals surface area (Å²) in [6, 6.07) is 2.35. The van der Waals surface area contributed by atoms with Crippen LogP contribution in [-0.2, 0) is 14.3 Å². The van der Waals surface area contributed by atoms with Gasteiger partial charge in [-0.1, -0.05) is 23.8 Å². The van der Waals surface area contributed by atoms with E-state index in [1.165, 1.54) is 22.5 Å². The number of aromatic nitrogens is 2. The zero-order valence-corrected chi connectivity index (χ0v) is 25.8. The van der Waals surface area contributed by atoms with Crippen LogP contribution >= 0.6 is 11.3 Å². The van der Waals surface area contributed by atoms with E-state index in [0.717, 1.165) is 12.8 Å². The minimum Gasteiger partial charge on any atom is -0.464 e. The van der Waals surface area contributed by atoms with Gasteiger partial charge in [0.1, 0.15) is 6.04 Å². The van der Waals surface area contributed by atoms with Gasteiger partial charge >= 0.3 is 5.97 Å². The molecule has 0 spiro atoms. The highest BCUT2D eigenvalue weighted by Gasteiger charge is 2.26. The molecule has 1 unspecified atom stereocenters. The molecule has 0 saturated carbocycles. The predicted octanol–water partition coefficient (Wildman–Crippen LogP) is 4.76. The fourth-order valence-electron chi connectivity index (χ4n) is 4.00. The molecule has 2 amide bonds. The van der Waals surface area contributed by atoms with Gasteiger partial charge in [-0.3, -0.25) is 9.59 Å². The standard InChI is InChI=1S/C30H43N5O5S/c1-7-12-23(20(3)4)13-9-15-31-30-33-21(5)26(22(6)34-30)28(37)35-24(29(38)40-17-11-16-39-8-2)19-32-27(36)25-14-10-18-41-25/h7,10,12,14,18,24H,8-9,11,13,15-17,19H2,1-6H3,(H,32,36)(H,35,37)(H,31,33,34). The molecule has 0 aliphatic carbocycles. The smallest absolute Gasteiger partial charge is 0.330 e. The van der Waals surface area contributed by atoms with Crippen LogP contribution < -0.4 is 16.0 Å². The Morgan fingerprint density at radius 3 is 2.41 bits per heavy atom. The maximum atomic E-state index is 13.3. The van der Waals surface area contributed by atoms with Crippen LogP contribution in [0.4, 0.5) is 5.95 Å². The number of thiophene rings is 1. The van der Waals surface area contributed by atoms with Crippen molar-refractivity contribution >= 4 is 35.1 Å². The fraction of sp³-hybridized carbons (Fsp3) is 0.500. The number of aryl methyl sites for hydroxylation is 2. The largest absolute Gasteiger partial charge is 0.464 e. The van der Waals surface area contributed by atoms with Gasteiger partial charge in [0.15, 0.2) is 0 Å². The van der Waals surface area contributed by atoms with E-state index < -0.39 is 17.9 Å². The first-order chi connectivity index (χ1) is 19.7. The van der Waals surface area contributed by atoms with Crippen molar-refractivity contribution < 1.29 is 23.9 Å². The van der Waals surface area contributed by atoms with Crippen LogP contribution in [0.1, 0.15) is 78.4 Å². The van der Waals surface area contributed by atoms with E-state index in [1.54, 1.807) is 31.4 Å². The summed E-state index contributed by atoms with van der Waals surface area (Å²) in [5.41, 5.74) is 3.82. The van der Waals surface area contributed by atoms with Crippen molar-refractivity contribution in [1.29, 1.82) is 0 Å². The first kappa shape index (κ1) is 33.6. The highest BCUT2D eigenvalue weighted by Crippen LogP contribution is 2.15. The van der Waals surface area contributed by atoms with E-state index in [2.05, 4.69) is 45.8 Å². The van der Waals surface area contributed by atoms with Gasteiger partial charge in [0.2, 0.25) is 5.95 Å². The Morgan fingerprint density at radius 2 is 1.80 bits per heavy atom. The van der Waals surface area contributed by atoms with Gasteiger partial charge in [0.05, 0.1) is 28.4 Å². The van der Waals surface area contributed by atoms with Crippen molar-refractivity contribution in [3.63, 3.8) is 0 Å². The number of hydrogen-bond acceptors (Lipinski definition) is 9. The third-order valence-corrected chi connectivity index (χ3v) is 6.97. The average Bonchev–Trinajstić information content (AvgIpc) is 3.47. The Balaban J connectivity index is 2.06. The molecule has 41 heavy (non-hydrogen) atoms. The number of nitrogens with zero attached hydrogens (tertiary/aromatic N) is 2. The summed E-state index contributed by atoms with van der Waals surface area (Å²) in [4.78, 5) is 48.1. The number of hydrogen-bond donors (Lipinski definition) is 3. The molecule has 224 valence electrons. The number of anilines is 1. The second kappa shape index (κ2) is 18.0. The van der Waals surface area contributed by atoms with Crippen LogP contribution in [0.3, 0.4) is 0 Å². The van der Waals surface area contributed by atoms with Crippen molar-refractivity contribution in [1.82, 2.24) is 20.6 Å².